The number of nitrogens with one attached hydrogen (secondary N) is 1. The minimum Gasteiger partial charge on any atom is -0.326 e. The summed E-state index contributed by atoms with van der Waals surface area (Å²) in [5.41, 5.74) is 3.15. The van der Waals surface area contributed by atoms with Crippen LogP contribution < -0.4 is 5.32 Å². The minimum absolute atomic E-state index is 0.0253. The number of benzene rings is 1. The van der Waals surface area contributed by atoms with Gasteiger partial charge in [-0.15, -0.1) is 0 Å². The molecule has 1 saturated heterocycles. The fourth-order valence-corrected chi connectivity index (χ4v) is 2.79. The molecule has 1 aliphatic rings. The molecule has 0 saturated carbocycles. The molecule has 1 unspecified atom stereocenters. The van der Waals surface area contributed by atoms with E-state index in [9.17, 15) is 4.79 Å². The number of aryl methyl sites for hydroxylation is 2. The Balaban J connectivity index is 1.96. The second-order valence-corrected chi connectivity index (χ2v) is 5.86. The molecule has 2 rings (SSSR count). The first-order chi connectivity index (χ1) is 10.1. The van der Waals surface area contributed by atoms with Crippen LogP contribution in [-0.2, 0) is 4.79 Å². The average Bonchev–Trinajstić information content (AvgIpc) is 2.49. The predicted octanol–water partition coefficient (Wildman–Crippen LogP) is 2.87. The van der Waals surface area contributed by atoms with Crippen LogP contribution in [-0.4, -0.2) is 30.4 Å². The van der Waals surface area contributed by atoms with Crippen molar-refractivity contribution in [1.29, 1.82) is 5.26 Å². The van der Waals surface area contributed by atoms with Crippen molar-refractivity contribution in [3.8, 4) is 6.07 Å². The summed E-state index contributed by atoms with van der Waals surface area (Å²) in [7, 11) is 0. The van der Waals surface area contributed by atoms with Gasteiger partial charge in [0.1, 0.15) is 0 Å². The Kier molecular flexibility index (Phi) is 5.35. The summed E-state index contributed by atoms with van der Waals surface area (Å²) in [6.45, 7) is 6.56. The molecule has 1 aromatic rings. The Morgan fingerprint density at radius 1 is 1.48 bits per heavy atom. The van der Waals surface area contributed by atoms with E-state index in [1.54, 1.807) is 0 Å². The summed E-state index contributed by atoms with van der Waals surface area (Å²) in [6.07, 6.45) is 2.49. The van der Waals surface area contributed by atoms with Crippen molar-refractivity contribution in [3.05, 3.63) is 29.3 Å². The number of carbonyl (C=O) groups is 1. The van der Waals surface area contributed by atoms with E-state index >= 15 is 0 Å². The van der Waals surface area contributed by atoms with Crippen LogP contribution >= 0.6 is 0 Å². The lowest BCUT2D eigenvalue weighted by atomic mass is 9.96. The third kappa shape index (κ3) is 4.30. The monoisotopic (exact) mass is 285 g/mol. The Morgan fingerprint density at radius 3 is 3.05 bits per heavy atom. The van der Waals surface area contributed by atoms with Gasteiger partial charge in [0, 0.05) is 25.2 Å². The van der Waals surface area contributed by atoms with Gasteiger partial charge >= 0.3 is 0 Å². The summed E-state index contributed by atoms with van der Waals surface area (Å²) in [6, 6.07) is 8.27. The molecule has 0 aromatic heterocycles. The first-order valence-electron chi connectivity index (χ1n) is 7.57. The van der Waals surface area contributed by atoms with Crippen LogP contribution in [0, 0.1) is 31.1 Å². The number of nitrogens with zero attached hydrogens (tertiary/aromatic N) is 2. The summed E-state index contributed by atoms with van der Waals surface area (Å²) in [4.78, 5) is 14.7. The van der Waals surface area contributed by atoms with Crippen molar-refractivity contribution < 1.29 is 4.79 Å². The number of amides is 1. The number of anilines is 1. The lowest BCUT2D eigenvalue weighted by Crippen LogP contribution is -2.41. The average molecular weight is 285 g/mol. The summed E-state index contributed by atoms with van der Waals surface area (Å²) < 4.78 is 0. The summed E-state index contributed by atoms with van der Waals surface area (Å²) >= 11 is 0. The maximum atomic E-state index is 12.4. The van der Waals surface area contributed by atoms with E-state index in [4.69, 9.17) is 5.26 Å². The van der Waals surface area contributed by atoms with Gasteiger partial charge in [0.05, 0.1) is 12.0 Å². The lowest BCUT2D eigenvalue weighted by molar-refractivity contribution is -0.121. The zero-order valence-corrected chi connectivity index (χ0v) is 12.9. The highest BCUT2D eigenvalue weighted by Gasteiger charge is 2.25. The molecule has 0 bridgehead atoms. The van der Waals surface area contributed by atoms with Gasteiger partial charge in [-0.05, 0) is 50.4 Å². The molecule has 0 spiro atoms. The van der Waals surface area contributed by atoms with Crippen LogP contribution in [0.5, 0.6) is 0 Å². The number of likely N-dealkylation sites (tertiary alicyclic amines) is 1. The fourth-order valence-electron chi connectivity index (χ4n) is 2.79. The molecule has 1 aliphatic heterocycles. The number of nitriles is 1. The third-order valence-corrected chi connectivity index (χ3v) is 4.07. The van der Waals surface area contributed by atoms with Crippen molar-refractivity contribution in [1.82, 2.24) is 4.90 Å². The normalized spacial score (nSPS) is 19.0. The summed E-state index contributed by atoms with van der Waals surface area (Å²) in [5.74, 6) is 0.128. The Morgan fingerprint density at radius 2 is 2.29 bits per heavy atom. The first kappa shape index (κ1) is 15.5. The maximum Gasteiger partial charge on any atom is 0.228 e. The molecule has 1 amide bonds. The lowest BCUT2D eigenvalue weighted by Gasteiger charge is -2.31. The summed E-state index contributed by atoms with van der Waals surface area (Å²) in [5, 5.41) is 11.7. The molecule has 1 atom stereocenters. The van der Waals surface area contributed by atoms with Crippen LogP contribution in [0.15, 0.2) is 18.2 Å². The highest BCUT2D eigenvalue weighted by atomic mass is 16.1. The number of hydrogen-bond acceptors (Lipinski definition) is 3. The van der Waals surface area contributed by atoms with Crippen LogP contribution in [0.1, 0.15) is 30.4 Å². The molecule has 0 aliphatic carbocycles. The maximum absolute atomic E-state index is 12.4. The van der Waals surface area contributed by atoms with E-state index in [0.717, 1.165) is 49.3 Å². The van der Waals surface area contributed by atoms with Crippen molar-refractivity contribution >= 4 is 11.6 Å². The van der Waals surface area contributed by atoms with Gasteiger partial charge in [0.2, 0.25) is 5.91 Å². The van der Waals surface area contributed by atoms with Crippen LogP contribution in [0.3, 0.4) is 0 Å². The Bertz CT molecular complexity index is 547. The number of rotatable bonds is 4. The van der Waals surface area contributed by atoms with Gasteiger partial charge in [-0.2, -0.15) is 5.26 Å². The van der Waals surface area contributed by atoms with Gasteiger partial charge in [0.25, 0.3) is 0 Å². The molecule has 0 radical (unpaired) electrons. The number of piperidine rings is 1. The Labute approximate surface area is 126 Å². The van der Waals surface area contributed by atoms with E-state index in [2.05, 4.69) is 22.4 Å². The highest BCUT2D eigenvalue weighted by Crippen LogP contribution is 2.21. The highest BCUT2D eigenvalue weighted by molar-refractivity contribution is 5.93. The molecule has 1 heterocycles. The molecule has 4 heteroatoms. The zero-order chi connectivity index (χ0) is 15.2. The number of carbonyl (C=O) groups excluding carboxylic acids is 1. The molecule has 1 N–H and O–H groups in total. The zero-order valence-electron chi connectivity index (χ0n) is 12.9. The first-order valence-corrected chi connectivity index (χ1v) is 7.57. The van der Waals surface area contributed by atoms with Crippen LogP contribution in [0.2, 0.25) is 0 Å². The molecular formula is C17H23N3O. The second-order valence-electron chi connectivity index (χ2n) is 5.86. The quantitative estimate of drug-likeness (QED) is 0.925. The third-order valence-electron chi connectivity index (χ3n) is 4.07. The van der Waals surface area contributed by atoms with Crippen molar-refractivity contribution in [2.45, 2.75) is 33.1 Å². The van der Waals surface area contributed by atoms with E-state index in [1.807, 2.05) is 26.0 Å². The SMILES string of the molecule is Cc1ccc(C)c(NC(=O)C2CCCN(CCC#N)C2)c1. The predicted molar refractivity (Wildman–Crippen MR) is 83.9 cm³/mol. The van der Waals surface area contributed by atoms with E-state index < -0.39 is 0 Å². The minimum atomic E-state index is 0.0253. The molecule has 1 fully saturated rings. The molecular weight excluding hydrogens is 262 g/mol. The van der Waals surface area contributed by atoms with Gasteiger partial charge in [-0.1, -0.05) is 12.1 Å². The largest absolute Gasteiger partial charge is 0.326 e. The smallest absolute Gasteiger partial charge is 0.228 e. The number of hydrogen-bond donors (Lipinski definition) is 1. The van der Waals surface area contributed by atoms with Gasteiger partial charge in [-0.3, -0.25) is 4.79 Å². The molecule has 112 valence electrons. The standard InChI is InChI=1S/C17H23N3O/c1-13-6-7-14(2)16(11-13)19-17(21)15-5-3-9-20(12-15)10-4-8-18/h6-7,11,15H,3-5,9-10,12H2,1-2H3,(H,19,21). The topological polar surface area (TPSA) is 56.1 Å². The van der Waals surface area contributed by atoms with E-state index in [-0.39, 0.29) is 11.8 Å². The van der Waals surface area contributed by atoms with Crippen molar-refractivity contribution in [2.75, 3.05) is 25.0 Å². The fraction of sp³-hybridized carbons (Fsp3) is 0.529. The van der Waals surface area contributed by atoms with E-state index in [0.29, 0.717) is 6.42 Å². The van der Waals surface area contributed by atoms with Crippen LogP contribution in [0.4, 0.5) is 5.69 Å². The molecule has 1 aromatic carbocycles. The van der Waals surface area contributed by atoms with Gasteiger partial charge in [0.15, 0.2) is 0 Å². The van der Waals surface area contributed by atoms with Crippen molar-refractivity contribution in [3.63, 3.8) is 0 Å². The molecule has 21 heavy (non-hydrogen) atoms. The second kappa shape index (κ2) is 7.24. The Hall–Kier alpha value is -1.86. The molecule has 4 nitrogen and oxygen atoms in total. The van der Waals surface area contributed by atoms with Crippen molar-refractivity contribution in [2.24, 2.45) is 5.92 Å². The van der Waals surface area contributed by atoms with Crippen LogP contribution in [0.25, 0.3) is 0 Å². The van der Waals surface area contributed by atoms with Gasteiger partial charge < -0.3 is 10.2 Å². The van der Waals surface area contributed by atoms with E-state index in [1.165, 1.54) is 0 Å². The van der Waals surface area contributed by atoms with Gasteiger partial charge in [-0.25, -0.2) is 0 Å².